The molecule has 15 heavy (non-hydrogen) atoms. The summed E-state index contributed by atoms with van der Waals surface area (Å²) in [5, 5.41) is 3.19. The van der Waals surface area contributed by atoms with Crippen LogP contribution in [0.15, 0.2) is 12.1 Å². The van der Waals surface area contributed by atoms with Gasteiger partial charge >= 0.3 is 0 Å². The first-order chi connectivity index (χ1) is 7.08. The quantitative estimate of drug-likeness (QED) is 0.814. The number of fused-ring (bicyclic) bond motifs is 1. The van der Waals surface area contributed by atoms with E-state index in [4.69, 9.17) is 4.74 Å². The summed E-state index contributed by atoms with van der Waals surface area (Å²) in [6.45, 7) is 4.31. The Morgan fingerprint density at radius 1 is 1.40 bits per heavy atom. The van der Waals surface area contributed by atoms with Gasteiger partial charge in [-0.25, -0.2) is 8.78 Å². The molecule has 1 unspecified atom stereocenters. The van der Waals surface area contributed by atoms with Crippen molar-refractivity contribution in [2.24, 2.45) is 0 Å². The summed E-state index contributed by atoms with van der Waals surface area (Å²) in [5.41, 5.74) is 0.571. The van der Waals surface area contributed by atoms with Crippen molar-refractivity contribution in [1.82, 2.24) is 5.32 Å². The summed E-state index contributed by atoms with van der Waals surface area (Å²) in [7, 11) is 0. The van der Waals surface area contributed by atoms with Crippen LogP contribution in [0.4, 0.5) is 8.78 Å². The molecular weight excluding hydrogens is 200 g/mol. The second-order valence-corrected chi connectivity index (χ2v) is 3.99. The van der Waals surface area contributed by atoms with E-state index in [1.165, 1.54) is 6.07 Å². The average molecular weight is 213 g/mol. The van der Waals surface area contributed by atoms with Gasteiger partial charge < -0.3 is 10.1 Å². The van der Waals surface area contributed by atoms with Gasteiger partial charge in [0.1, 0.15) is 12.4 Å². The molecular formula is C11H13F2NO. The summed E-state index contributed by atoms with van der Waals surface area (Å²) >= 11 is 0. The molecule has 0 amide bonds. The highest BCUT2D eigenvalue weighted by molar-refractivity contribution is 5.41. The lowest BCUT2D eigenvalue weighted by molar-refractivity contribution is 0.293. The number of hydrogen-bond acceptors (Lipinski definition) is 2. The average Bonchev–Trinajstić information content (AvgIpc) is 2.48. The first-order valence-electron chi connectivity index (χ1n) is 4.95. The number of halogens is 2. The van der Waals surface area contributed by atoms with Gasteiger partial charge in [-0.05, 0) is 6.07 Å². The summed E-state index contributed by atoms with van der Waals surface area (Å²) in [4.78, 5) is 0. The molecule has 0 fully saturated rings. The van der Waals surface area contributed by atoms with Gasteiger partial charge in [0.05, 0.1) is 6.04 Å². The molecule has 0 saturated carbocycles. The Balaban J connectivity index is 2.33. The smallest absolute Gasteiger partial charge is 0.168 e. The lowest BCUT2D eigenvalue weighted by Gasteiger charge is -2.14. The zero-order chi connectivity index (χ0) is 11.0. The third-order valence-corrected chi connectivity index (χ3v) is 2.34. The van der Waals surface area contributed by atoms with E-state index >= 15 is 0 Å². The van der Waals surface area contributed by atoms with E-state index in [1.54, 1.807) is 0 Å². The Morgan fingerprint density at radius 2 is 2.13 bits per heavy atom. The Bertz CT molecular complexity index is 379. The van der Waals surface area contributed by atoms with Gasteiger partial charge in [0.15, 0.2) is 11.6 Å². The van der Waals surface area contributed by atoms with Crippen molar-refractivity contribution < 1.29 is 13.5 Å². The van der Waals surface area contributed by atoms with Crippen LogP contribution in [-0.2, 0) is 0 Å². The summed E-state index contributed by atoms with van der Waals surface area (Å²) < 4.78 is 31.5. The van der Waals surface area contributed by atoms with Gasteiger partial charge in [0, 0.05) is 17.7 Å². The predicted octanol–water partition coefficient (Wildman–Crippen LogP) is 2.40. The number of benzene rings is 1. The van der Waals surface area contributed by atoms with Crippen LogP contribution in [0, 0.1) is 11.6 Å². The van der Waals surface area contributed by atoms with Crippen LogP contribution in [0.3, 0.4) is 0 Å². The normalized spacial score (nSPS) is 19.1. The van der Waals surface area contributed by atoms with Crippen molar-refractivity contribution in [2.75, 3.05) is 6.61 Å². The van der Waals surface area contributed by atoms with E-state index in [9.17, 15) is 8.78 Å². The largest absolute Gasteiger partial charge is 0.488 e. The molecule has 1 heterocycles. The molecule has 2 rings (SSSR count). The second-order valence-electron chi connectivity index (χ2n) is 3.99. The fraction of sp³-hybridized carbons (Fsp3) is 0.455. The molecule has 1 aliphatic rings. The van der Waals surface area contributed by atoms with Crippen molar-refractivity contribution >= 4 is 0 Å². The van der Waals surface area contributed by atoms with Crippen molar-refractivity contribution in [1.29, 1.82) is 0 Å². The molecule has 0 radical (unpaired) electrons. The molecule has 0 spiro atoms. The Kier molecular flexibility index (Phi) is 2.61. The van der Waals surface area contributed by atoms with E-state index in [0.717, 1.165) is 6.07 Å². The summed E-state index contributed by atoms with van der Waals surface area (Å²) in [5.74, 6) is -1.01. The molecule has 0 aromatic heterocycles. The van der Waals surface area contributed by atoms with Crippen LogP contribution >= 0.6 is 0 Å². The van der Waals surface area contributed by atoms with Crippen LogP contribution in [-0.4, -0.2) is 12.6 Å². The monoisotopic (exact) mass is 213 g/mol. The number of ether oxygens (including phenoxy) is 1. The number of hydrogen-bond donors (Lipinski definition) is 1. The molecule has 4 heteroatoms. The molecule has 0 bridgehead atoms. The second kappa shape index (κ2) is 3.77. The van der Waals surface area contributed by atoms with E-state index < -0.39 is 11.6 Å². The summed E-state index contributed by atoms with van der Waals surface area (Å²) in [6.07, 6.45) is 0. The minimum Gasteiger partial charge on any atom is -0.488 e. The van der Waals surface area contributed by atoms with Gasteiger partial charge in [0.25, 0.3) is 0 Å². The van der Waals surface area contributed by atoms with E-state index in [-0.39, 0.29) is 17.8 Å². The Morgan fingerprint density at radius 3 is 2.80 bits per heavy atom. The van der Waals surface area contributed by atoms with Gasteiger partial charge in [-0.1, -0.05) is 13.8 Å². The maximum Gasteiger partial charge on any atom is 0.168 e. The van der Waals surface area contributed by atoms with Crippen molar-refractivity contribution in [3.8, 4) is 5.75 Å². The molecule has 1 N–H and O–H groups in total. The van der Waals surface area contributed by atoms with Crippen LogP contribution in [0.25, 0.3) is 0 Å². The highest BCUT2D eigenvalue weighted by Crippen LogP contribution is 2.35. The summed E-state index contributed by atoms with van der Waals surface area (Å²) in [6, 6.07) is 2.29. The minimum atomic E-state index is -0.627. The van der Waals surface area contributed by atoms with E-state index in [0.29, 0.717) is 12.2 Å². The number of rotatable bonds is 2. The van der Waals surface area contributed by atoms with Crippen molar-refractivity contribution in [2.45, 2.75) is 25.9 Å². The maximum absolute atomic E-state index is 13.3. The highest BCUT2D eigenvalue weighted by Gasteiger charge is 2.28. The van der Waals surface area contributed by atoms with E-state index in [1.807, 2.05) is 13.8 Å². The lowest BCUT2D eigenvalue weighted by Crippen LogP contribution is -2.29. The van der Waals surface area contributed by atoms with Crippen LogP contribution < -0.4 is 10.1 Å². The third-order valence-electron chi connectivity index (χ3n) is 2.34. The van der Waals surface area contributed by atoms with Gasteiger partial charge in [-0.3, -0.25) is 0 Å². The van der Waals surface area contributed by atoms with Crippen LogP contribution in [0.1, 0.15) is 25.5 Å². The molecule has 1 aliphatic heterocycles. The molecule has 1 aromatic rings. The third kappa shape index (κ3) is 1.95. The fourth-order valence-electron chi connectivity index (χ4n) is 1.79. The molecule has 0 saturated heterocycles. The molecule has 82 valence electrons. The van der Waals surface area contributed by atoms with Crippen LogP contribution in [0.5, 0.6) is 5.75 Å². The zero-order valence-corrected chi connectivity index (χ0v) is 8.68. The Labute approximate surface area is 87.2 Å². The first-order valence-corrected chi connectivity index (χ1v) is 4.95. The van der Waals surface area contributed by atoms with Crippen LogP contribution in [0.2, 0.25) is 0 Å². The lowest BCUT2D eigenvalue weighted by atomic mass is 10.1. The Hall–Kier alpha value is -1.16. The van der Waals surface area contributed by atoms with E-state index in [2.05, 4.69) is 5.32 Å². The van der Waals surface area contributed by atoms with Crippen molar-refractivity contribution in [3.63, 3.8) is 0 Å². The maximum atomic E-state index is 13.3. The minimum absolute atomic E-state index is 0.120. The van der Waals surface area contributed by atoms with Crippen molar-refractivity contribution in [3.05, 3.63) is 29.3 Å². The van der Waals surface area contributed by atoms with Gasteiger partial charge in [0.2, 0.25) is 0 Å². The fourth-order valence-corrected chi connectivity index (χ4v) is 1.79. The molecule has 1 aromatic carbocycles. The number of nitrogens with one attached hydrogen (secondary N) is 1. The topological polar surface area (TPSA) is 21.3 Å². The zero-order valence-electron chi connectivity index (χ0n) is 8.68. The standard InChI is InChI=1S/C11H13F2NO/c1-6(2)14-10-5-15-11-8(10)3-7(12)4-9(11)13/h3-4,6,10,14H,5H2,1-2H3. The molecule has 1 atom stereocenters. The molecule has 0 aliphatic carbocycles. The highest BCUT2D eigenvalue weighted by atomic mass is 19.1. The van der Waals surface area contributed by atoms with Gasteiger partial charge in [-0.2, -0.15) is 0 Å². The predicted molar refractivity (Wildman–Crippen MR) is 52.9 cm³/mol. The first kappa shape index (κ1) is 10.4. The molecule has 2 nitrogen and oxygen atoms in total. The SMILES string of the molecule is CC(C)NC1COc2c(F)cc(F)cc21. The van der Waals surface area contributed by atoms with Gasteiger partial charge in [-0.15, -0.1) is 0 Å².